The van der Waals surface area contributed by atoms with E-state index in [0.717, 1.165) is 21.3 Å². The summed E-state index contributed by atoms with van der Waals surface area (Å²) in [7, 11) is 1.37. The van der Waals surface area contributed by atoms with Crippen molar-refractivity contribution in [2.24, 2.45) is 0 Å². The van der Waals surface area contributed by atoms with Gasteiger partial charge in [-0.25, -0.2) is 0 Å². The molecule has 1 saturated heterocycles. The van der Waals surface area contributed by atoms with E-state index in [-0.39, 0.29) is 12.4 Å². The maximum atomic E-state index is 11.0. The van der Waals surface area contributed by atoms with Crippen LogP contribution in [0.25, 0.3) is 0 Å². The first kappa shape index (κ1) is 11.7. The Morgan fingerprint density at radius 2 is 2.21 bits per heavy atom. The lowest BCUT2D eigenvalue weighted by molar-refractivity contribution is -0.139. The van der Waals surface area contributed by atoms with E-state index in [4.69, 9.17) is 5.41 Å². The maximum absolute atomic E-state index is 11.0. The predicted octanol–water partition coefficient (Wildman–Crippen LogP) is 2.28. The average molecular weight is 231 g/mol. The number of methoxy groups -OCH3 is 1. The van der Waals surface area contributed by atoms with Crippen LogP contribution in [0.4, 0.5) is 0 Å². The van der Waals surface area contributed by atoms with Crippen LogP contribution in [0.1, 0.15) is 12.8 Å². The zero-order chi connectivity index (χ0) is 10.4. The molecule has 0 saturated carbocycles. The van der Waals surface area contributed by atoms with Crippen LogP contribution in [-0.4, -0.2) is 30.8 Å². The summed E-state index contributed by atoms with van der Waals surface area (Å²) in [5.74, 6) is 1.89. The lowest BCUT2D eigenvalue weighted by Crippen LogP contribution is -2.05. The Morgan fingerprint density at radius 1 is 1.57 bits per heavy atom. The van der Waals surface area contributed by atoms with Crippen LogP contribution in [0.15, 0.2) is 9.81 Å². The fraction of sp³-hybridized carbons (Fsp3) is 0.556. The molecule has 0 unspecified atom stereocenters. The second-order valence-corrected chi connectivity index (χ2v) is 5.23. The molecule has 1 rings (SSSR count). The van der Waals surface area contributed by atoms with Crippen molar-refractivity contribution >= 4 is 35.7 Å². The van der Waals surface area contributed by atoms with Crippen molar-refractivity contribution in [1.82, 2.24) is 0 Å². The number of carbonyl (C=O) groups excluding carboxylic acids is 1. The molecule has 0 aromatic rings. The number of hydrogen-bond acceptors (Lipinski definition) is 5. The minimum atomic E-state index is -0.275. The average Bonchev–Trinajstić information content (AvgIpc) is 2.26. The first-order valence-corrected chi connectivity index (χ1v) is 6.31. The summed E-state index contributed by atoms with van der Waals surface area (Å²) in [6.07, 6.45) is 2.68. The zero-order valence-electron chi connectivity index (χ0n) is 8.04. The predicted molar refractivity (Wildman–Crippen MR) is 62.0 cm³/mol. The molecule has 3 nitrogen and oxygen atoms in total. The third kappa shape index (κ3) is 3.38. The van der Waals surface area contributed by atoms with Gasteiger partial charge in [-0.05, 0) is 17.9 Å². The molecular formula is C9H13NO2S2. The number of ether oxygens (including phenoxy) is 1. The summed E-state index contributed by atoms with van der Waals surface area (Å²) in [5.41, 5.74) is 0.784. The standard InChI is InChI=1S/C9H13NO2S2/c1-12-8(11)5-7(6-10)9-13-3-2-4-14-9/h6,10H,2-5H2,1H3. The van der Waals surface area contributed by atoms with Gasteiger partial charge >= 0.3 is 5.97 Å². The number of carbonyl (C=O) groups is 1. The third-order valence-electron chi connectivity index (χ3n) is 1.75. The van der Waals surface area contributed by atoms with Crippen molar-refractivity contribution in [1.29, 1.82) is 5.41 Å². The molecule has 0 amide bonds. The summed E-state index contributed by atoms with van der Waals surface area (Å²) >= 11 is 3.46. The lowest BCUT2D eigenvalue weighted by atomic mass is 10.2. The molecule has 0 bridgehead atoms. The van der Waals surface area contributed by atoms with Crippen molar-refractivity contribution in [2.75, 3.05) is 18.6 Å². The molecule has 0 aliphatic carbocycles. The van der Waals surface area contributed by atoms with Gasteiger partial charge in [0.05, 0.1) is 13.5 Å². The fourth-order valence-corrected chi connectivity index (χ4v) is 3.62. The summed E-state index contributed by atoms with van der Waals surface area (Å²) < 4.78 is 5.69. The maximum Gasteiger partial charge on any atom is 0.310 e. The molecule has 0 aromatic carbocycles. The molecule has 1 aliphatic rings. The molecule has 78 valence electrons. The topological polar surface area (TPSA) is 50.2 Å². The summed E-state index contributed by atoms with van der Waals surface area (Å²) in [5, 5.41) is 7.25. The van der Waals surface area contributed by atoms with Gasteiger partial charge in [-0.2, -0.15) is 0 Å². The third-order valence-corrected chi connectivity index (χ3v) is 4.50. The van der Waals surface area contributed by atoms with Crippen molar-refractivity contribution in [3.63, 3.8) is 0 Å². The number of thioether (sulfide) groups is 2. The molecule has 1 fully saturated rings. The SMILES string of the molecule is COC(=O)CC(C=N)=C1SCCCS1. The van der Waals surface area contributed by atoms with E-state index >= 15 is 0 Å². The first-order chi connectivity index (χ1) is 6.77. The van der Waals surface area contributed by atoms with E-state index in [1.165, 1.54) is 19.7 Å². The number of hydrogen-bond donors (Lipinski definition) is 1. The molecule has 0 spiro atoms. The Labute approximate surface area is 92.2 Å². The second kappa shape index (κ2) is 6.14. The number of nitrogens with one attached hydrogen (secondary N) is 1. The van der Waals surface area contributed by atoms with Gasteiger partial charge in [0.15, 0.2) is 0 Å². The molecule has 1 heterocycles. The number of esters is 1. The van der Waals surface area contributed by atoms with Gasteiger partial charge in [-0.15, -0.1) is 23.5 Å². The van der Waals surface area contributed by atoms with Gasteiger partial charge in [0, 0.05) is 16.0 Å². The second-order valence-electron chi connectivity index (χ2n) is 2.76. The summed E-state index contributed by atoms with van der Waals surface area (Å²) in [6, 6.07) is 0. The van der Waals surface area contributed by atoms with Crippen LogP contribution in [0.2, 0.25) is 0 Å². The van der Waals surface area contributed by atoms with Crippen LogP contribution in [0, 0.1) is 5.41 Å². The van der Waals surface area contributed by atoms with Crippen LogP contribution in [0.5, 0.6) is 0 Å². The van der Waals surface area contributed by atoms with Gasteiger partial charge in [0.25, 0.3) is 0 Å². The highest BCUT2D eigenvalue weighted by molar-refractivity contribution is 8.22. The zero-order valence-corrected chi connectivity index (χ0v) is 9.67. The number of rotatable bonds is 3. The van der Waals surface area contributed by atoms with Crippen LogP contribution in [-0.2, 0) is 9.53 Å². The molecule has 5 heteroatoms. The van der Waals surface area contributed by atoms with Gasteiger partial charge in [0.2, 0.25) is 0 Å². The molecule has 0 atom stereocenters. The molecule has 0 radical (unpaired) electrons. The minimum absolute atomic E-state index is 0.218. The highest BCUT2D eigenvalue weighted by Gasteiger charge is 2.14. The highest BCUT2D eigenvalue weighted by Crippen LogP contribution is 2.37. The van der Waals surface area contributed by atoms with E-state index < -0.39 is 0 Å². The summed E-state index contributed by atoms with van der Waals surface area (Å²) in [4.78, 5) is 11.0. The summed E-state index contributed by atoms with van der Waals surface area (Å²) in [6.45, 7) is 0. The van der Waals surface area contributed by atoms with Gasteiger partial charge in [-0.1, -0.05) is 0 Å². The van der Waals surface area contributed by atoms with Crippen molar-refractivity contribution in [3.8, 4) is 0 Å². The molecular weight excluding hydrogens is 218 g/mol. The van der Waals surface area contributed by atoms with E-state index in [1.807, 2.05) is 0 Å². The Morgan fingerprint density at radius 3 is 2.71 bits per heavy atom. The largest absolute Gasteiger partial charge is 0.469 e. The van der Waals surface area contributed by atoms with E-state index in [0.29, 0.717) is 0 Å². The van der Waals surface area contributed by atoms with Crippen molar-refractivity contribution < 1.29 is 9.53 Å². The van der Waals surface area contributed by atoms with Crippen LogP contribution >= 0.6 is 23.5 Å². The Hall–Kier alpha value is -0.420. The van der Waals surface area contributed by atoms with Crippen LogP contribution in [0.3, 0.4) is 0 Å². The van der Waals surface area contributed by atoms with Gasteiger partial charge < -0.3 is 10.1 Å². The fourth-order valence-electron chi connectivity index (χ4n) is 1.03. The van der Waals surface area contributed by atoms with Crippen molar-refractivity contribution in [2.45, 2.75) is 12.8 Å². The molecule has 1 N–H and O–H groups in total. The Kier molecular flexibility index (Phi) is 5.11. The van der Waals surface area contributed by atoms with E-state index in [1.54, 1.807) is 23.5 Å². The van der Waals surface area contributed by atoms with E-state index in [2.05, 4.69) is 4.74 Å². The Balaban J connectivity index is 2.66. The van der Waals surface area contributed by atoms with E-state index in [9.17, 15) is 4.79 Å². The molecule has 1 aliphatic heterocycles. The Bertz CT molecular complexity index is 256. The quantitative estimate of drug-likeness (QED) is 0.598. The van der Waals surface area contributed by atoms with Crippen molar-refractivity contribution in [3.05, 3.63) is 9.81 Å². The molecule has 0 aromatic heterocycles. The van der Waals surface area contributed by atoms with Gasteiger partial charge in [-0.3, -0.25) is 4.79 Å². The normalized spacial score (nSPS) is 16.2. The van der Waals surface area contributed by atoms with Gasteiger partial charge in [0.1, 0.15) is 0 Å². The smallest absolute Gasteiger partial charge is 0.310 e. The lowest BCUT2D eigenvalue weighted by Gasteiger charge is -2.15. The first-order valence-electron chi connectivity index (χ1n) is 4.34. The monoisotopic (exact) mass is 231 g/mol. The molecule has 14 heavy (non-hydrogen) atoms. The highest BCUT2D eigenvalue weighted by atomic mass is 32.2. The van der Waals surface area contributed by atoms with Crippen LogP contribution < -0.4 is 0 Å². The minimum Gasteiger partial charge on any atom is -0.469 e.